The van der Waals surface area contributed by atoms with Crippen LogP contribution in [0.15, 0.2) is 18.2 Å². The van der Waals surface area contributed by atoms with Crippen molar-refractivity contribution in [1.82, 2.24) is 0 Å². The van der Waals surface area contributed by atoms with Crippen molar-refractivity contribution in [2.75, 3.05) is 10.6 Å². The Morgan fingerprint density at radius 2 is 1.92 bits per heavy atom. The maximum absolute atomic E-state index is 11.8. The Labute approximate surface area is 140 Å². The third-order valence-corrected chi connectivity index (χ3v) is 4.97. The Kier molecular flexibility index (Phi) is 5.43. The normalized spacial score (nSPS) is 15.8. The van der Waals surface area contributed by atoms with Crippen LogP contribution in [0.5, 0.6) is 5.75 Å². The smallest absolute Gasteiger partial charge is 0.313 e. The zero-order chi connectivity index (χ0) is 17.9. The van der Waals surface area contributed by atoms with Crippen molar-refractivity contribution in [3.8, 4) is 5.75 Å². The van der Waals surface area contributed by atoms with Crippen molar-refractivity contribution in [2.45, 2.75) is 45.1 Å². The van der Waals surface area contributed by atoms with E-state index in [2.05, 4.69) is 0 Å². The second-order valence-electron chi connectivity index (χ2n) is 5.83. The van der Waals surface area contributed by atoms with Crippen molar-refractivity contribution >= 4 is 27.3 Å². The number of carbonyl (C=O) groups is 1. The van der Waals surface area contributed by atoms with E-state index in [9.17, 15) is 23.3 Å². The Bertz CT molecular complexity index is 740. The molecule has 24 heavy (non-hydrogen) atoms. The van der Waals surface area contributed by atoms with Crippen molar-refractivity contribution in [3.63, 3.8) is 0 Å². The highest BCUT2D eigenvalue weighted by atomic mass is 32.2. The van der Waals surface area contributed by atoms with Gasteiger partial charge in [0.05, 0.1) is 23.0 Å². The number of anilines is 1. The van der Waals surface area contributed by atoms with Gasteiger partial charge in [-0.05, 0) is 37.8 Å². The van der Waals surface area contributed by atoms with Gasteiger partial charge in [0.25, 0.3) is 0 Å². The maximum atomic E-state index is 11.8. The first-order chi connectivity index (χ1) is 11.2. The van der Waals surface area contributed by atoms with Gasteiger partial charge in [0, 0.05) is 13.0 Å². The van der Waals surface area contributed by atoms with Gasteiger partial charge in [-0.15, -0.1) is 0 Å². The molecule has 1 aromatic rings. The number of amides is 1. The van der Waals surface area contributed by atoms with E-state index in [-0.39, 0.29) is 23.2 Å². The zero-order valence-electron chi connectivity index (χ0n) is 13.6. The molecule has 0 heterocycles. The molecule has 0 radical (unpaired) electrons. The van der Waals surface area contributed by atoms with E-state index < -0.39 is 20.9 Å². The third-order valence-electron chi connectivity index (χ3n) is 3.84. The van der Waals surface area contributed by atoms with Crippen LogP contribution >= 0.6 is 0 Å². The van der Waals surface area contributed by atoms with E-state index in [0.717, 1.165) is 51.3 Å². The van der Waals surface area contributed by atoms with Crippen LogP contribution in [0.4, 0.5) is 11.4 Å². The number of sulfonamides is 1. The fourth-order valence-corrected chi connectivity index (χ4v) is 3.81. The lowest BCUT2D eigenvalue weighted by Gasteiger charge is -2.23. The fourth-order valence-electron chi connectivity index (χ4n) is 2.84. The summed E-state index contributed by atoms with van der Waals surface area (Å²) in [5.74, 6) is -0.652. The molecule has 1 aromatic carbocycles. The summed E-state index contributed by atoms with van der Waals surface area (Å²) in [5, 5.41) is 11.3. The molecule has 1 saturated carbocycles. The molecule has 1 fully saturated rings. The van der Waals surface area contributed by atoms with E-state index in [1.165, 1.54) is 12.1 Å². The van der Waals surface area contributed by atoms with Gasteiger partial charge >= 0.3 is 5.69 Å². The first-order valence-corrected chi connectivity index (χ1v) is 9.51. The van der Waals surface area contributed by atoms with E-state index in [4.69, 9.17) is 4.74 Å². The molecule has 0 aliphatic heterocycles. The van der Waals surface area contributed by atoms with Crippen LogP contribution in [0.3, 0.4) is 0 Å². The summed E-state index contributed by atoms with van der Waals surface area (Å²) in [6.45, 7) is 1.08. The minimum atomic E-state index is -3.88. The van der Waals surface area contributed by atoms with Crippen molar-refractivity contribution in [1.29, 1.82) is 0 Å². The van der Waals surface area contributed by atoms with Gasteiger partial charge in [0.1, 0.15) is 0 Å². The number of hydrogen-bond donors (Lipinski definition) is 0. The summed E-state index contributed by atoms with van der Waals surface area (Å²) >= 11 is 0. The molecule has 1 aliphatic carbocycles. The van der Waals surface area contributed by atoms with Crippen molar-refractivity contribution in [3.05, 3.63) is 28.3 Å². The van der Waals surface area contributed by atoms with Crippen LogP contribution in [-0.2, 0) is 14.8 Å². The molecule has 1 aliphatic rings. The molecule has 8 nitrogen and oxygen atoms in total. The third kappa shape index (κ3) is 4.22. The summed E-state index contributed by atoms with van der Waals surface area (Å²) in [4.78, 5) is 22.3. The second-order valence-corrected chi connectivity index (χ2v) is 7.66. The number of carbonyl (C=O) groups excluding carboxylic acids is 1. The average Bonchev–Trinajstić information content (AvgIpc) is 2.47. The van der Waals surface area contributed by atoms with Crippen LogP contribution in [0.25, 0.3) is 0 Å². The highest BCUT2D eigenvalue weighted by Crippen LogP contribution is 2.35. The maximum Gasteiger partial charge on any atom is 0.313 e. The molecule has 0 N–H and O–H groups in total. The highest BCUT2D eigenvalue weighted by Gasteiger charge is 2.27. The predicted molar refractivity (Wildman–Crippen MR) is 88.6 cm³/mol. The summed E-state index contributed by atoms with van der Waals surface area (Å²) < 4.78 is 29.8. The molecule has 9 heteroatoms. The molecule has 1 amide bonds. The minimum Gasteiger partial charge on any atom is -0.484 e. The van der Waals surface area contributed by atoms with Gasteiger partial charge in [-0.2, -0.15) is 0 Å². The Morgan fingerprint density at radius 3 is 2.42 bits per heavy atom. The topological polar surface area (TPSA) is 107 Å². The summed E-state index contributed by atoms with van der Waals surface area (Å²) in [6, 6.07) is 3.75. The SMILES string of the molecule is CC(=O)N(c1ccc(OC2CCCCC2)c([N+](=O)[O-])c1)S(C)(=O)=O. The number of hydrogen-bond acceptors (Lipinski definition) is 6. The quantitative estimate of drug-likeness (QED) is 0.593. The lowest BCUT2D eigenvalue weighted by atomic mass is 9.98. The van der Waals surface area contributed by atoms with Gasteiger partial charge in [-0.3, -0.25) is 14.9 Å². The predicted octanol–water partition coefficient (Wildman–Crippen LogP) is 2.62. The van der Waals surface area contributed by atoms with Crippen molar-refractivity contribution < 1.29 is 22.9 Å². The van der Waals surface area contributed by atoms with Crippen LogP contribution in [0, 0.1) is 10.1 Å². The molecule has 0 saturated heterocycles. The van der Waals surface area contributed by atoms with Crippen LogP contribution < -0.4 is 9.04 Å². The number of benzene rings is 1. The zero-order valence-corrected chi connectivity index (χ0v) is 14.4. The lowest BCUT2D eigenvalue weighted by Crippen LogP contribution is -2.34. The van der Waals surface area contributed by atoms with E-state index in [1.54, 1.807) is 0 Å². The molecule has 0 unspecified atom stereocenters. The largest absolute Gasteiger partial charge is 0.484 e. The van der Waals surface area contributed by atoms with E-state index in [1.807, 2.05) is 0 Å². The number of nitrogens with zero attached hydrogens (tertiary/aromatic N) is 2. The first kappa shape index (κ1) is 18.2. The molecular formula is C15H20N2O6S. The summed E-state index contributed by atoms with van der Waals surface area (Å²) in [5.41, 5.74) is -0.430. The van der Waals surface area contributed by atoms with E-state index in [0.29, 0.717) is 4.31 Å². The average molecular weight is 356 g/mol. The minimum absolute atomic E-state index is 0.0762. The molecule has 0 bridgehead atoms. The standard InChI is InChI=1S/C15H20N2O6S/c1-11(18)16(24(2,21)22)12-8-9-15(14(10-12)17(19)20)23-13-6-4-3-5-7-13/h8-10,13H,3-7H2,1-2H3. The molecule has 132 valence electrons. The van der Waals surface area contributed by atoms with Gasteiger partial charge < -0.3 is 4.74 Å². The molecule has 0 atom stereocenters. The fraction of sp³-hybridized carbons (Fsp3) is 0.533. The molecule has 0 spiro atoms. The van der Waals surface area contributed by atoms with Crippen LogP contribution in [-0.4, -0.2) is 31.6 Å². The first-order valence-electron chi connectivity index (χ1n) is 7.66. The van der Waals surface area contributed by atoms with E-state index >= 15 is 0 Å². The second kappa shape index (κ2) is 7.16. The Morgan fingerprint density at radius 1 is 1.29 bits per heavy atom. The molecule has 2 rings (SSSR count). The molecular weight excluding hydrogens is 336 g/mol. The number of rotatable bonds is 5. The van der Waals surface area contributed by atoms with Crippen LogP contribution in [0.2, 0.25) is 0 Å². The number of ether oxygens (including phenoxy) is 1. The number of nitro benzene ring substituents is 1. The van der Waals surface area contributed by atoms with Crippen LogP contribution in [0.1, 0.15) is 39.0 Å². The van der Waals surface area contributed by atoms with Crippen molar-refractivity contribution in [2.24, 2.45) is 0 Å². The molecule has 0 aromatic heterocycles. The Hall–Kier alpha value is -2.16. The summed E-state index contributed by atoms with van der Waals surface area (Å²) in [7, 11) is -3.88. The van der Waals surface area contributed by atoms with Gasteiger partial charge in [0.2, 0.25) is 15.9 Å². The van der Waals surface area contributed by atoms with Gasteiger partial charge in [0.15, 0.2) is 5.75 Å². The number of nitro groups is 1. The lowest BCUT2D eigenvalue weighted by molar-refractivity contribution is -0.386. The monoisotopic (exact) mass is 356 g/mol. The Balaban J connectivity index is 2.38. The van der Waals surface area contributed by atoms with Gasteiger partial charge in [-0.1, -0.05) is 6.42 Å². The highest BCUT2D eigenvalue weighted by molar-refractivity contribution is 7.92. The van der Waals surface area contributed by atoms with Gasteiger partial charge in [-0.25, -0.2) is 12.7 Å². The summed E-state index contributed by atoms with van der Waals surface area (Å²) in [6.07, 6.45) is 5.62.